The Morgan fingerprint density at radius 2 is 2.28 bits per heavy atom. The summed E-state index contributed by atoms with van der Waals surface area (Å²) in [6.07, 6.45) is 2.40. The summed E-state index contributed by atoms with van der Waals surface area (Å²) in [5, 5.41) is 0. The van der Waals surface area contributed by atoms with E-state index in [1.165, 1.54) is 0 Å². The van der Waals surface area contributed by atoms with Crippen LogP contribution >= 0.6 is 0 Å². The number of nitrogens with two attached hydrogens (primary N) is 1. The lowest BCUT2D eigenvalue weighted by atomic mass is 10.1. The van der Waals surface area contributed by atoms with E-state index in [1.54, 1.807) is 0 Å². The van der Waals surface area contributed by atoms with Crippen LogP contribution in [0.15, 0.2) is 24.3 Å². The van der Waals surface area contributed by atoms with Gasteiger partial charge in [-0.1, -0.05) is 18.2 Å². The zero-order valence-corrected chi connectivity index (χ0v) is 10.3. The highest BCUT2D eigenvalue weighted by Gasteiger charge is 2.36. The maximum Gasteiger partial charge on any atom is 0.264 e. The molecule has 2 aliphatic heterocycles. The lowest BCUT2D eigenvalue weighted by Gasteiger charge is -2.26. The van der Waals surface area contributed by atoms with Gasteiger partial charge >= 0.3 is 0 Å². The first kappa shape index (κ1) is 11.5. The van der Waals surface area contributed by atoms with Crippen LogP contribution in [0.2, 0.25) is 0 Å². The molecule has 1 saturated heterocycles. The Hall–Kier alpha value is -1.55. The Kier molecular flexibility index (Phi) is 2.96. The van der Waals surface area contributed by atoms with Gasteiger partial charge in [-0.3, -0.25) is 4.79 Å². The molecule has 0 spiro atoms. The zero-order chi connectivity index (χ0) is 12.5. The van der Waals surface area contributed by atoms with E-state index < -0.39 is 0 Å². The second-order valence-electron chi connectivity index (χ2n) is 4.98. The van der Waals surface area contributed by atoms with Crippen molar-refractivity contribution in [2.24, 2.45) is 5.73 Å². The molecule has 18 heavy (non-hydrogen) atoms. The van der Waals surface area contributed by atoms with E-state index in [0.29, 0.717) is 13.0 Å². The molecule has 2 atom stereocenters. The average Bonchev–Trinajstić information content (AvgIpc) is 3.03. The van der Waals surface area contributed by atoms with E-state index in [4.69, 9.17) is 10.5 Å². The molecule has 1 aromatic rings. The molecule has 96 valence electrons. The number of carbonyl (C=O) groups is 1. The average molecular weight is 246 g/mol. The summed E-state index contributed by atoms with van der Waals surface area (Å²) >= 11 is 0. The van der Waals surface area contributed by atoms with Gasteiger partial charge in [-0.15, -0.1) is 0 Å². The Bertz CT molecular complexity index is 436. The molecule has 2 unspecified atom stereocenters. The minimum atomic E-state index is -0.352. The van der Waals surface area contributed by atoms with Crippen molar-refractivity contribution in [3.8, 4) is 5.75 Å². The Labute approximate surface area is 107 Å². The molecule has 0 bridgehead atoms. The third-order valence-corrected chi connectivity index (χ3v) is 3.85. The second-order valence-corrected chi connectivity index (χ2v) is 4.98. The van der Waals surface area contributed by atoms with Crippen LogP contribution < -0.4 is 10.5 Å². The van der Waals surface area contributed by atoms with Gasteiger partial charge in [0.25, 0.3) is 5.91 Å². The number of nitrogens with zero attached hydrogens (tertiary/aromatic N) is 1. The van der Waals surface area contributed by atoms with E-state index in [9.17, 15) is 4.79 Å². The number of amides is 1. The molecular formula is C14H18N2O2. The summed E-state index contributed by atoms with van der Waals surface area (Å²) in [5.41, 5.74) is 6.83. The van der Waals surface area contributed by atoms with Crippen LogP contribution in [0.4, 0.5) is 0 Å². The fourth-order valence-corrected chi connectivity index (χ4v) is 2.88. The topological polar surface area (TPSA) is 55.6 Å². The van der Waals surface area contributed by atoms with Crippen LogP contribution in [0, 0.1) is 0 Å². The molecular weight excluding hydrogens is 228 g/mol. The lowest BCUT2D eigenvalue weighted by Crippen LogP contribution is -2.46. The molecule has 4 heteroatoms. The van der Waals surface area contributed by atoms with Crippen LogP contribution in [-0.2, 0) is 11.2 Å². The Balaban J connectivity index is 1.72. The first-order chi connectivity index (χ1) is 8.79. The van der Waals surface area contributed by atoms with Crippen molar-refractivity contribution in [1.29, 1.82) is 0 Å². The number of benzene rings is 1. The van der Waals surface area contributed by atoms with E-state index in [0.717, 1.165) is 30.7 Å². The maximum atomic E-state index is 12.4. The first-order valence-electron chi connectivity index (χ1n) is 6.54. The van der Waals surface area contributed by atoms with E-state index in [-0.39, 0.29) is 18.1 Å². The number of rotatable bonds is 2. The summed E-state index contributed by atoms with van der Waals surface area (Å²) < 4.78 is 5.74. The van der Waals surface area contributed by atoms with Gasteiger partial charge in [-0.25, -0.2) is 0 Å². The zero-order valence-electron chi connectivity index (χ0n) is 10.3. The highest BCUT2D eigenvalue weighted by Crippen LogP contribution is 2.30. The third kappa shape index (κ3) is 1.86. The van der Waals surface area contributed by atoms with Gasteiger partial charge in [0.05, 0.1) is 0 Å². The Morgan fingerprint density at radius 3 is 3.06 bits per heavy atom. The fourth-order valence-electron chi connectivity index (χ4n) is 2.88. The maximum absolute atomic E-state index is 12.4. The summed E-state index contributed by atoms with van der Waals surface area (Å²) in [4.78, 5) is 14.3. The summed E-state index contributed by atoms with van der Waals surface area (Å²) in [7, 11) is 0. The van der Waals surface area contributed by atoms with Gasteiger partial charge in [-0.2, -0.15) is 0 Å². The molecule has 2 aliphatic rings. The number of carbonyl (C=O) groups excluding carboxylic acids is 1. The number of ether oxygens (including phenoxy) is 1. The molecule has 4 nitrogen and oxygen atoms in total. The van der Waals surface area contributed by atoms with E-state index in [1.807, 2.05) is 29.2 Å². The summed E-state index contributed by atoms with van der Waals surface area (Å²) in [6, 6.07) is 8.06. The van der Waals surface area contributed by atoms with Crippen LogP contribution in [0.5, 0.6) is 5.75 Å². The number of hydrogen-bond donors (Lipinski definition) is 1. The molecule has 0 radical (unpaired) electrons. The van der Waals surface area contributed by atoms with Gasteiger partial charge in [-0.05, 0) is 24.5 Å². The lowest BCUT2D eigenvalue weighted by molar-refractivity contribution is -0.138. The quantitative estimate of drug-likeness (QED) is 0.845. The van der Waals surface area contributed by atoms with E-state index >= 15 is 0 Å². The van der Waals surface area contributed by atoms with Gasteiger partial charge in [0.15, 0.2) is 6.10 Å². The molecule has 0 aromatic heterocycles. The van der Waals surface area contributed by atoms with Crippen molar-refractivity contribution in [2.75, 3.05) is 13.1 Å². The second kappa shape index (κ2) is 4.61. The van der Waals surface area contributed by atoms with Crippen molar-refractivity contribution in [3.05, 3.63) is 29.8 Å². The Morgan fingerprint density at radius 1 is 1.44 bits per heavy atom. The molecule has 1 fully saturated rings. The standard InChI is InChI=1S/C14H18N2O2/c15-9-11-5-3-7-16(11)14(17)13-8-10-4-1-2-6-12(10)18-13/h1-2,4,6,11,13H,3,5,7-9,15H2. The number of fused-ring (bicyclic) bond motifs is 1. The molecule has 1 amide bonds. The normalized spacial score (nSPS) is 25.9. The SMILES string of the molecule is NCC1CCCN1C(=O)C1Cc2ccccc2O1. The van der Waals surface area contributed by atoms with Crippen molar-refractivity contribution >= 4 is 5.91 Å². The smallest absolute Gasteiger partial charge is 0.264 e. The molecule has 1 aromatic carbocycles. The van der Waals surface area contributed by atoms with Crippen molar-refractivity contribution in [3.63, 3.8) is 0 Å². The van der Waals surface area contributed by atoms with Gasteiger partial charge in [0.1, 0.15) is 5.75 Å². The predicted molar refractivity (Wildman–Crippen MR) is 68.4 cm³/mol. The largest absolute Gasteiger partial charge is 0.480 e. The summed E-state index contributed by atoms with van der Waals surface area (Å²) in [6.45, 7) is 1.36. The third-order valence-electron chi connectivity index (χ3n) is 3.85. The van der Waals surface area contributed by atoms with Crippen molar-refractivity contribution < 1.29 is 9.53 Å². The molecule has 0 saturated carbocycles. The van der Waals surface area contributed by atoms with Crippen LogP contribution in [0.25, 0.3) is 0 Å². The molecule has 3 rings (SSSR count). The van der Waals surface area contributed by atoms with Crippen LogP contribution in [-0.4, -0.2) is 36.0 Å². The number of para-hydroxylation sites is 1. The highest BCUT2D eigenvalue weighted by atomic mass is 16.5. The van der Waals surface area contributed by atoms with E-state index in [2.05, 4.69) is 0 Å². The van der Waals surface area contributed by atoms with Crippen molar-refractivity contribution in [1.82, 2.24) is 4.90 Å². The first-order valence-corrected chi connectivity index (χ1v) is 6.54. The van der Waals surface area contributed by atoms with Crippen LogP contribution in [0.3, 0.4) is 0 Å². The van der Waals surface area contributed by atoms with Gasteiger partial charge in [0, 0.05) is 25.6 Å². The van der Waals surface area contributed by atoms with Gasteiger partial charge in [0.2, 0.25) is 0 Å². The van der Waals surface area contributed by atoms with Crippen molar-refractivity contribution in [2.45, 2.75) is 31.4 Å². The predicted octanol–water partition coefficient (Wildman–Crippen LogP) is 0.940. The minimum Gasteiger partial charge on any atom is -0.480 e. The van der Waals surface area contributed by atoms with Gasteiger partial charge < -0.3 is 15.4 Å². The number of likely N-dealkylation sites (tertiary alicyclic amines) is 1. The minimum absolute atomic E-state index is 0.0964. The fraction of sp³-hybridized carbons (Fsp3) is 0.500. The molecule has 2 heterocycles. The number of hydrogen-bond acceptors (Lipinski definition) is 3. The summed E-state index contributed by atoms with van der Waals surface area (Å²) in [5.74, 6) is 0.943. The molecule has 0 aliphatic carbocycles. The monoisotopic (exact) mass is 246 g/mol. The molecule has 2 N–H and O–H groups in total. The van der Waals surface area contributed by atoms with Crippen LogP contribution in [0.1, 0.15) is 18.4 Å². The highest BCUT2D eigenvalue weighted by molar-refractivity contribution is 5.83.